The molecule has 0 amide bonds. The molecule has 0 saturated carbocycles. The molecule has 0 aliphatic heterocycles. The lowest BCUT2D eigenvalue weighted by Crippen LogP contribution is -1.90. The SMILES string of the molecule is Fc1ccc(-c2cnc(Cl)cc2F)nc1. The minimum absolute atomic E-state index is 0.0679. The van der Waals surface area contributed by atoms with Crippen molar-refractivity contribution in [2.45, 2.75) is 0 Å². The second-order valence-electron chi connectivity index (χ2n) is 2.85. The number of hydrogen-bond acceptors (Lipinski definition) is 2. The zero-order chi connectivity index (χ0) is 10.8. The molecule has 0 aromatic carbocycles. The van der Waals surface area contributed by atoms with Gasteiger partial charge in [0.25, 0.3) is 0 Å². The molecule has 0 bridgehead atoms. The van der Waals surface area contributed by atoms with Gasteiger partial charge in [-0.15, -0.1) is 0 Å². The van der Waals surface area contributed by atoms with Gasteiger partial charge in [-0.2, -0.15) is 0 Å². The van der Waals surface area contributed by atoms with E-state index in [-0.39, 0.29) is 10.7 Å². The van der Waals surface area contributed by atoms with Crippen molar-refractivity contribution < 1.29 is 8.78 Å². The molecule has 0 fully saturated rings. The number of aromatic nitrogens is 2. The standard InChI is InChI=1S/C10H5ClF2N2/c11-10-3-8(13)7(5-15-10)9-2-1-6(12)4-14-9/h1-5H. The summed E-state index contributed by atoms with van der Waals surface area (Å²) in [4.78, 5) is 7.47. The molecule has 2 aromatic rings. The third-order valence-corrected chi connectivity index (χ3v) is 2.03. The van der Waals surface area contributed by atoms with Crippen molar-refractivity contribution in [2.24, 2.45) is 0 Å². The van der Waals surface area contributed by atoms with E-state index in [1.54, 1.807) is 0 Å². The summed E-state index contributed by atoms with van der Waals surface area (Å²) < 4.78 is 26.0. The lowest BCUT2D eigenvalue weighted by Gasteiger charge is -2.01. The summed E-state index contributed by atoms with van der Waals surface area (Å²) in [6.07, 6.45) is 2.28. The van der Waals surface area contributed by atoms with Gasteiger partial charge in [-0.1, -0.05) is 11.6 Å². The van der Waals surface area contributed by atoms with Crippen LogP contribution in [0.5, 0.6) is 0 Å². The predicted octanol–water partition coefficient (Wildman–Crippen LogP) is 3.08. The van der Waals surface area contributed by atoms with E-state index >= 15 is 0 Å². The van der Waals surface area contributed by atoms with Gasteiger partial charge >= 0.3 is 0 Å². The van der Waals surface area contributed by atoms with Gasteiger partial charge in [0.05, 0.1) is 17.5 Å². The number of nitrogens with zero attached hydrogens (tertiary/aromatic N) is 2. The zero-order valence-corrected chi connectivity index (χ0v) is 8.17. The highest BCUT2D eigenvalue weighted by atomic mass is 35.5. The number of hydrogen-bond donors (Lipinski definition) is 0. The van der Waals surface area contributed by atoms with E-state index in [2.05, 4.69) is 9.97 Å². The highest BCUT2D eigenvalue weighted by Gasteiger charge is 2.07. The first-order valence-electron chi connectivity index (χ1n) is 4.10. The topological polar surface area (TPSA) is 25.8 Å². The Balaban J connectivity index is 2.49. The molecule has 0 N–H and O–H groups in total. The van der Waals surface area contributed by atoms with E-state index in [4.69, 9.17) is 11.6 Å². The second-order valence-corrected chi connectivity index (χ2v) is 3.24. The first kappa shape index (κ1) is 9.98. The Labute approximate surface area is 89.6 Å². The summed E-state index contributed by atoms with van der Waals surface area (Å²) in [6.45, 7) is 0. The van der Waals surface area contributed by atoms with E-state index in [1.807, 2.05) is 0 Å². The van der Waals surface area contributed by atoms with Crippen LogP contribution in [0, 0.1) is 11.6 Å². The molecule has 0 aliphatic rings. The van der Waals surface area contributed by atoms with Gasteiger partial charge in [0.15, 0.2) is 0 Å². The maximum atomic E-state index is 13.4. The molecular weight excluding hydrogens is 222 g/mol. The van der Waals surface area contributed by atoms with E-state index in [0.717, 1.165) is 12.3 Å². The summed E-state index contributed by atoms with van der Waals surface area (Å²) in [5.41, 5.74) is 0.512. The Kier molecular flexibility index (Phi) is 2.60. The van der Waals surface area contributed by atoms with Gasteiger partial charge in [0.2, 0.25) is 0 Å². The average molecular weight is 227 g/mol. The Morgan fingerprint density at radius 3 is 2.47 bits per heavy atom. The summed E-state index contributed by atoms with van der Waals surface area (Å²) >= 11 is 5.50. The predicted molar refractivity (Wildman–Crippen MR) is 52.4 cm³/mol. The first-order valence-corrected chi connectivity index (χ1v) is 4.47. The minimum Gasteiger partial charge on any atom is -0.253 e. The minimum atomic E-state index is -0.533. The van der Waals surface area contributed by atoms with E-state index < -0.39 is 11.6 Å². The molecule has 76 valence electrons. The van der Waals surface area contributed by atoms with E-state index in [1.165, 1.54) is 18.3 Å². The Morgan fingerprint density at radius 1 is 1.07 bits per heavy atom. The van der Waals surface area contributed by atoms with Gasteiger partial charge < -0.3 is 0 Å². The fourth-order valence-corrected chi connectivity index (χ4v) is 1.28. The monoisotopic (exact) mass is 226 g/mol. The van der Waals surface area contributed by atoms with Crippen LogP contribution in [0.25, 0.3) is 11.3 Å². The van der Waals surface area contributed by atoms with Crippen molar-refractivity contribution in [1.29, 1.82) is 0 Å². The first-order chi connectivity index (χ1) is 7.16. The average Bonchev–Trinajstić information content (AvgIpc) is 2.20. The summed E-state index contributed by atoms with van der Waals surface area (Å²) in [6, 6.07) is 3.67. The van der Waals surface area contributed by atoms with Crippen molar-refractivity contribution >= 4 is 11.6 Å². The Morgan fingerprint density at radius 2 is 1.87 bits per heavy atom. The highest BCUT2D eigenvalue weighted by Crippen LogP contribution is 2.21. The van der Waals surface area contributed by atoms with Crippen LogP contribution in [-0.2, 0) is 0 Å². The third-order valence-electron chi connectivity index (χ3n) is 1.82. The summed E-state index contributed by atoms with van der Waals surface area (Å²) in [5, 5.41) is 0.0679. The van der Waals surface area contributed by atoms with Crippen LogP contribution in [0.1, 0.15) is 0 Å². The van der Waals surface area contributed by atoms with Gasteiger partial charge in [0, 0.05) is 12.3 Å². The molecule has 0 radical (unpaired) electrons. The molecule has 2 nitrogen and oxygen atoms in total. The van der Waals surface area contributed by atoms with Crippen LogP contribution >= 0.6 is 11.6 Å². The van der Waals surface area contributed by atoms with Crippen LogP contribution in [0.4, 0.5) is 8.78 Å². The second kappa shape index (κ2) is 3.90. The maximum absolute atomic E-state index is 13.4. The normalized spacial score (nSPS) is 10.3. The Hall–Kier alpha value is -1.55. The van der Waals surface area contributed by atoms with Crippen molar-refractivity contribution in [3.05, 3.63) is 47.4 Å². The van der Waals surface area contributed by atoms with Crippen LogP contribution in [0.15, 0.2) is 30.6 Å². The highest BCUT2D eigenvalue weighted by molar-refractivity contribution is 6.29. The van der Waals surface area contributed by atoms with E-state index in [0.29, 0.717) is 5.69 Å². The fourth-order valence-electron chi connectivity index (χ4n) is 1.13. The van der Waals surface area contributed by atoms with E-state index in [9.17, 15) is 8.78 Å². The molecule has 0 spiro atoms. The number of rotatable bonds is 1. The molecular formula is C10H5ClF2N2. The lowest BCUT2D eigenvalue weighted by atomic mass is 10.2. The van der Waals surface area contributed by atoms with Crippen molar-refractivity contribution in [3.63, 3.8) is 0 Å². The maximum Gasteiger partial charge on any atom is 0.141 e. The van der Waals surface area contributed by atoms with Crippen LogP contribution in [0.2, 0.25) is 5.15 Å². The molecule has 2 rings (SSSR count). The largest absolute Gasteiger partial charge is 0.253 e. The fraction of sp³-hybridized carbons (Fsp3) is 0. The van der Waals surface area contributed by atoms with Crippen LogP contribution in [-0.4, -0.2) is 9.97 Å². The molecule has 0 saturated heterocycles. The molecule has 0 unspecified atom stereocenters. The number of halogens is 3. The molecule has 0 atom stereocenters. The van der Waals surface area contributed by atoms with Crippen molar-refractivity contribution in [2.75, 3.05) is 0 Å². The van der Waals surface area contributed by atoms with Gasteiger partial charge in [-0.05, 0) is 12.1 Å². The third kappa shape index (κ3) is 2.10. The molecule has 15 heavy (non-hydrogen) atoms. The van der Waals surface area contributed by atoms with Crippen LogP contribution in [0.3, 0.4) is 0 Å². The molecule has 2 heterocycles. The summed E-state index contributed by atoms with van der Waals surface area (Å²) in [5.74, 6) is -1.00. The molecule has 0 aliphatic carbocycles. The van der Waals surface area contributed by atoms with Gasteiger partial charge in [-0.25, -0.2) is 13.8 Å². The Bertz CT molecular complexity index is 485. The molecule has 5 heteroatoms. The quantitative estimate of drug-likeness (QED) is 0.699. The van der Waals surface area contributed by atoms with Crippen LogP contribution < -0.4 is 0 Å². The van der Waals surface area contributed by atoms with Gasteiger partial charge in [-0.3, -0.25) is 4.98 Å². The van der Waals surface area contributed by atoms with Crippen molar-refractivity contribution in [1.82, 2.24) is 9.97 Å². The van der Waals surface area contributed by atoms with Gasteiger partial charge in [0.1, 0.15) is 16.8 Å². The number of pyridine rings is 2. The summed E-state index contributed by atoms with van der Waals surface area (Å²) in [7, 11) is 0. The lowest BCUT2D eigenvalue weighted by molar-refractivity contribution is 0.618. The smallest absolute Gasteiger partial charge is 0.141 e. The zero-order valence-electron chi connectivity index (χ0n) is 7.42. The van der Waals surface area contributed by atoms with Crippen molar-refractivity contribution in [3.8, 4) is 11.3 Å². The molecule has 2 aromatic heterocycles.